The predicted octanol–water partition coefficient (Wildman–Crippen LogP) is 0.227. The fourth-order valence-corrected chi connectivity index (χ4v) is 2.49. The van der Waals surface area contributed by atoms with Gasteiger partial charge < -0.3 is 30.0 Å². The molecule has 0 saturated heterocycles. The van der Waals surface area contributed by atoms with E-state index in [0.29, 0.717) is 10.8 Å². The number of aromatic carboxylic acids is 2. The second-order valence-electron chi connectivity index (χ2n) is 5.67. The van der Waals surface area contributed by atoms with Crippen LogP contribution in [0.5, 0.6) is 11.5 Å². The Morgan fingerprint density at radius 1 is 0.655 bits per heavy atom. The first-order chi connectivity index (χ1) is 13.4. The van der Waals surface area contributed by atoms with Crippen LogP contribution in [0.25, 0.3) is 21.8 Å². The van der Waals surface area contributed by atoms with E-state index in [-0.39, 0.29) is 44.0 Å². The number of hydrogen-bond donors (Lipinski definition) is 2. The topological polar surface area (TPSA) is 146 Å². The molecule has 4 aromatic rings. The summed E-state index contributed by atoms with van der Waals surface area (Å²) in [6.45, 7) is 0. The molecule has 0 bridgehead atoms. The van der Waals surface area contributed by atoms with Crippen LogP contribution in [-0.2, 0) is 0 Å². The first-order valence-electron chi connectivity index (χ1n) is 7.97. The van der Waals surface area contributed by atoms with Gasteiger partial charge >= 0.3 is 10.1 Å². The van der Waals surface area contributed by atoms with Gasteiger partial charge in [0.15, 0.2) is 0 Å². The Labute approximate surface area is 167 Å². The molecule has 0 aliphatic heterocycles. The van der Waals surface area contributed by atoms with E-state index in [4.69, 9.17) is 0 Å². The van der Waals surface area contributed by atoms with Gasteiger partial charge in [-0.3, -0.25) is 0 Å². The summed E-state index contributed by atoms with van der Waals surface area (Å²) in [6.07, 6.45) is 0. The summed E-state index contributed by atoms with van der Waals surface area (Å²) >= 11 is 0. The van der Waals surface area contributed by atoms with Crippen LogP contribution >= 0.6 is 0 Å². The third-order valence-electron chi connectivity index (χ3n) is 3.82. The summed E-state index contributed by atoms with van der Waals surface area (Å²) < 4.78 is 0. The van der Waals surface area contributed by atoms with Gasteiger partial charge in [0.25, 0.3) is 0 Å². The standard InChI is InChI=1S/2C10H7NO3.Be/c2*12-8-3-1-2-6-4-5-7(10(13)14)11-9(6)8;/h2*1-5,12H,(H,13,14);/q;;+2/p-2. The Hall–Kier alpha value is -4.03. The van der Waals surface area contributed by atoms with Crippen LogP contribution in [0, 0.1) is 0 Å². The van der Waals surface area contributed by atoms with Gasteiger partial charge in [0.05, 0.1) is 23.3 Å². The third kappa shape index (κ3) is 4.63. The summed E-state index contributed by atoms with van der Waals surface area (Å²) in [7, 11) is 0. The Bertz CT molecular complexity index is 1120. The molecule has 0 amide bonds. The molecule has 2 heterocycles. The number of benzene rings is 2. The van der Waals surface area contributed by atoms with Gasteiger partial charge in [-0.05, 0) is 24.3 Å². The van der Waals surface area contributed by atoms with Crippen molar-refractivity contribution in [3.63, 3.8) is 0 Å². The normalized spacial score (nSPS) is 9.93. The maximum absolute atomic E-state index is 10.5. The number of rotatable bonds is 2. The smallest absolute Gasteiger partial charge is 0.543 e. The first kappa shape index (κ1) is 21.3. The monoisotopic (exact) mass is 385 g/mol. The number of aromatic nitrogens is 2. The number of hydrogen-bond acceptors (Lipinski definition) is 8. The molecule has 2 aromatic carbocycles. The maximum atomic E-state index is 10.5. The quantitative estimate of drug-likeness (QED) is 0.466. The molecule has 9 heteroatoms. The SMILES string of the molecule is O=C([O-])c1ccc2cccc(O)c2n1.O=C([O-])c1ccc2cccc(O)c2n1.[Be+2]. The van der Waals surface area contributed by atoms with Crippen molar-refractivity contribution < 1.29 is 30.0 Å². The zero-order valence-electron chi connectivity index (χ0n) is 14.9. The van der Waals surface area contributed by atoms with Crippen LogP contribution < -0.4 is 10.2 Å². The number of carboxylic acids is 2. The van der Waals surface area contributed by atoms with Crippen molar-refractivity contribution in [3.8, 4) is 11.5 Å². The van der Waals surface area contributed by atoms with Gasteiger partial charge in [-0.1, -0.05) is 36.4 Å². The largest absolute Gasteiger partial charge is 2.00 e. The maximum Gasteiger partial charge on any atom is 2.00 e. The fourth-order valence-electron chi connectivity index (χ4n) is 2.49. The van der Waals surface area contributed by atoms with Gasteiger partial charge in [-0.15, -0.1) is 0 Å². The molecule has 0 radical (unpaired) electrons. The Balaban J connectivity index is 0.000000200. The number of aromatic hydroxyl groups is 2. The number of fused-ring (bicyclic) bond motifs is 2. The number of carbonyl (C=O) groups excluding carboxylic acids is 2. The number of nitrogens with zero attached hydrogens (tertiary/aromatic N) is 2. The van der Waals surface area contributed by atoms with Crippen molar-refractivity contribution in [2.24, 2.45) is 0 Å². The molecule has 0 saturated carbocycles. The number of carboxylic acid groups (broad SMARTS) is 2. The van der Waals surface area contributed by atoms with Gasteiger partial charge in [-0.25, -0.2) is 9.97 Å². The van der Waals surface area contributed by atoms with E-state index in [9.17, 15) is 30.0 Å². The van der Waals surface area contributed by atoms with E-state index in [1.54, 1.807) is 36.4 Å². The second-order valence-corrected chi connectivity index (χ2v) is 5.67. The number of phenolic OH excluding ortho intramolecular Hbond substituents is 2. The minimum Gasteiger partial charge on any atom is -0.543 e. The zero-order valence-corrected chi connectivity index (χ0v) is 14.9. The van der Waals surface area contributed by atoms with Crippen LogP contribution in [0.2, 0.25) is 0 Å². The minimum absolute atomic E-state index is 0. The van der Waals surface area contributed by atoms with Crippen molar-refractivity contribution in [2.45, 2.75) is 0 Å². The summed E-state index contributed by atoms with van der Waals surface area (Å²) in [5, 5.41) is 41.2. The van der Waals surface area contributed by atoms with Gasteiger partial charge in [0.2, 0.25) is 0 Å². The van der Waals surface area contributed by atoms with Crippen molar-refractivity contribution in [1.82, 2.24) is 9.97 Å². The van der Waals surface area contributed by atoms with Crippen molar-refractivity contribution in [2.75, 3.05) is 0 Å². The molecular formula is C20H12BeN2O6. The Kier molecular flexibility index (Phi) is 6.43. The van der Waals surface area contributed by atoms with Crippen molar-refractivity contribution >= 4 is 43.9 Å². The van der Waals surface area contributed by atoms with Crippen molar-refractivity contribution in [3.05, 3.63) is 72.1 Å². The average molecular weight is 385 g/mol. The Morgan fingerprint density at radius 3 is 1.38 bits per heavy atom. The molecule has 2 aromatic heterocycles. The van der Waals surface area contributed by atoms with E-state index in [1.807, 2.05) is 0 Å². The molecule has 4 rings (SSSR count). The van der Waals surface area contributed by atoms with Crippen LogP contribution in [0.15, 0.2) is 60.7 Å². The van der Waals surface area contributed by atoms with E-state index >= 15 is 0 Å². The molecule has 0 spiro atoms. The Morgan fingerprint density at radius 2 is 1.03 bits per heavy atom. The molecule has 0 unspecified atom stereocenters. The molecule has 140 valence electrons. The van der Waals surface area contributed by atoms with Crippen LogP contribution in [0.1, 0.15) is 21.0 Å². The summed E-state index contributed by atoms with van der Waals surface area (Å²) in [5.74, 6) is -2.78. The molecule has 0 atom stereocenters. The number of phenols is 2. The molecule has 8 nitrogen and oxygen atoms in total. The molecular weight excluding hydrogens is 373 g/mol. The molecule has 29 heavy (non-hydrogen) atoms. The zero-order chi connectivity index (χ0) is 20.3. The van der Waals surface area contributed by atoms with E-state index in [1.165, 1.54) is 24.3 Å². The third-order valence-corrected chi connectivity index (χ3v) is 3.82. The van der Waals surface area contributed by atoms with Crippen LogP contribution in [-0.4, -0.2) is 42.2 Å². The number of para-hydroxylation sites is 2. The summed E-state index contributed by atoms with van der Waals surface area (Å²) in [5.41, 5.74) is 0.182. The molecule has 0 fully saturated rings. The summed E-state index contributed by atoms with van der Waals surface area (Å²) in [4.78, 5) is 28.5. The van der Waals surface area contributed by atoms with Gasteiger partial charge in [-0.2, -0.15) is 0 Å². The van der Waals surface area contributed by atoms with E-state index in [0.717, 1.165) is 0 Å². The summed E-state index contributed by atoms with van der Waals surface area (Å²) in [6, 6.07) is 15.6. The molecule has 0 aliphatic carbocycles. The van der Waals surface area contributed by atoms with Crippen LogP contribution in [0.4, 0.5) is 0 Å². The minimum atomic E-state index is -1.35. The first-order valence-corrected chi connectivity index (χ1v) is 7.97. The van der Waals surface area contributed by atoms with Gasteiger partial charge in [0, 0.05) is 10.8 Å². The van der Waals surface area contributed by atoms with Crippen molar-refractivity contribution in [1.29, 1.82) is 0 Å². The molecule has 0 aliphatic rings. The van der Waals surface area contributed by atoms with E-state index in [2.05, 4.69) is 9.97 Å². The number of carbonyl (C=O) groups is 2. The van der Waals surface area contributed by atoms with E-state index < -0.39 is 11.9 Å². The fraction of sp³-hybridized carbons (Fsp3) is 0. The molecule has 2 N–H and O–H groups in total. The van der Waals surface area contributed by atoms with Crippen LogP contribution in [0.3, 0.4) is 0 Å². The number of pyridine rings is 2. The van der Waals surface area contributed by atoms with Gasteiger partial charge in [0.1, 0.15) is 22.5 Å². The second kappa shape index (κ2) is 8.77. The predicted molar refractivity (Wildman–Crippen MR) is 101 cm³/mol. The average Bonchev–Trinajstić information content (AvgIpc) is 2.68.